The Kier molecular flexibility index (Phi) is 6.04. The van der Waals surface area contributed by atoms with E-state index in [2.05, 4.69) is 5.32 Å². The maximum absolute atomic E-state index is 13.3. The van der Waals surface area contributed by atoms with Crippen molar-refractivity contribution in [2.75, 3.05) is 21.3 Å². The van der Waals surface area contributed by atoms with Crippen LogP contribution in [-0.4, -0.2) is 37.9 Å². The summed E-state index contributed by atoms with van der Waals surface area (Å²) in [4.78, 5) is 36.3. The van der Waals surface area contributed by atoms with Gasteiger partial charge in [0, 0.05) is 42.5 Å². The second kappa shape index (κ2) is 8.93. The van der Waals surface area contributed by atoms with Gasteiger partial charge in [-0.05, 0) is 23.3 Å². The number of nitrogens with zero attached hydrogens (tertiary/aromatic N) is 1. The fourth-order valence-electron chi connectivity index (χ4n) is 4.67. The second-order valence-electron chi connectivity index (χ2n) is 8.04. The quantitative estimate of drug-likeness (QED) is 0.527. The van der Waals surface area contributed by atoms with Crippen LogP contribution in [0.15, 0.2) is 48.2 Å². The van der Waals surface area contributed by atoms with Crippen LogP contribution >= 0.6 is 0 Å². The summed E-state index contributed by atoms with van der Waals surface area (Å²) in [5.74, 6) is 0.0527. The number of ether oxygens (including phenoxy) is 3. The Labute approximate surface area is 190 Å². The van der Waals surface area contributed by atoms with Crippen LogP contribution in [0.3, 0.4) is 0 Å². The molecule has 172 valence electrons. The SMILES string of the molecule is COc1cc([C@@H]2C=C3NC(=O)C[C@@H](c4ccc([N+](=O)[O-])cc4)[C@@H]3C(=O)C2)cc(OC)c1OC. The van der Waals surface area contributed by atoms with E-state index in [4.69, 9.17) is 14.2 Å². The molecule has 1 amide bonds. The number of Topliss-reactive ketones (excluding diaryl/α,β-unsaturated/α-hetero) is 1. The van der Waals surface area contributed by atoms with Gasteiger partial charge >= 0.3 is 0 Å². The molecule has 0 radical (unpaired) electrons. The van der Waals surface area contributed by atoms with E-state index in [1.54, 1.807) is 24.3 Å². The van der Waals surface area contributed by atoms with Crippen molar-refractivity contribution in [1.82, 2.24) is 5.32 Å². The van der Waals surface area contributed by atoms with Gasteiger partial charge in [0.05, 0.1) is 32.2 Å². The number of hydrogen-bond donors (Lipinski definition) is 1. The lowest BCUT2D eigenvalue weighted by molar-refractivity contribution is -0.384. The molecule has 2 aromatic carbocycles. The fraction of sp³-hybridized carbons (Fsp3) is 0.333. The number of allylic oxidation sites excluding steroid dienone is 2. The molecule has 2 aromatic rings. The molecule has 1 aliphatic heterocycles. The van der Waals surface area contributed by atoms with E-state index < -0.39 is 10.8 Å². The molecule has 9 nitrogen and oxygen atoms in total. The molecule has 33 heavy (non-hydrogen) atoms. The number of carbonyl (C=O) groups is 2. The molecule has 0 aromatic heterocycles. The van der Waals surface area contributed by atoms with Crippen molar-refractivity contribution in [2.45, 2.75) is 24.7 Å². The maximum atomic E-state index is 13.3. The van der Waals surface area contributed by atoms with Gasteiger partial charge in [0.15, 0.2) is 11.5 Å². The van der Waals surface area contributed by atoms with E-state index in [-0.39, 0.29) is 42.1 Å². The molecule has 1 fully saturated rings. The maximum Gasteiger partial charge on any atom is 0.269 e. The van der Waals surface area contributed by atoms with E-state index in [1.807, 2.05) is 6.08 Å². The second-order valence-corrected chi connectivity index (χ2v) is 8.04. The molecule has 1 saturated heterocycles. The molecular formula is C24H24N2O7. The molecule has 3 atom stereocenters. The molecule has 0 unspecified atom stereocenters. The Bertz CT molecular complexity index is 1110. The van der Waals surface area contributed by atoms with E-state index in [1.165, 1.54) is 33.5 Å². The summed E-state index contributed by atoms with van der Waals surface area (Å²) in [6, 6.07) is 9.65. The molecule has 1 aliphatic carbocycles. The number of rotatable bonds is 6. The highest BCUT2D eigenvalue weighted by Crippen LogP contribution is 2.46. The van der Waals surface area contributed by atoms with E-state index in [0.29, 0.717) is 22.9 Å². The molecule has 1 N–H and O–H groups in total. The first-order valence-corrected chi connectivity index (χ1v) is 10.4. The Balaban J connectivity index is 1.71. The third-order valence-electron chi connectivity index (χ3n) is 6.22. The molecule has 0 spiro atoms. The zero-order valence-electron chi connectivity index (χ0n) is 18.5. The average molecular weight is 452 g/mol. The number of benzene rings is 2. The highest BCUT2D eigenvalue weighted by atomic mass is 16.6. The highest BCUT2D eigenvalue weighted by molar-refractivity contribution is 5.92. The minimum atomic E-state index is -0.512. The van der Waals surface area contributed by atoms with Crippen LogP contribution in [0.2, 0.25) is 0 Å². The first kappa shape index (κ1) is 22.3. The highest BCUT2D eigenvalue weighted by Gasteiger charge is 2.42. The van der Waals surface area contributed by atoms with Gasteiger partial charge < -0.3 is 19.5 Å². The predicted octanol–water partition coefficient (Wildman–Crippen LogP) is 3.48. The summed E-state index contributed by atoms with van der Waals surface area (Å²) < 4.78 is 16.2. The van der Waals surface area contributed by atoms with Crippen molar-refractivity contribution >= 4 is 17.4 Å². The van der Waals surface area contributed by atoms with Crippen LogP contribution in [0.4, 0.5) is 5.69 Å². The third kappa shape index (κ3) is 4.13. The van der Waals surface area contributed by atoms with Gasteiger partial charge in [-0.15, -0.1) is 0 Å². The number of piperidine rings is 1. The number of ketones is 1. The Morgan fingerprint density at radius 1 is 0.939 bits per heavy atom. The summed E-state index contributed by atoms with van der Waals surface area (Å²) in [6.07, 6.45) is 2.29. The first-order valence-electron chi connectivity index (χ1n) is 10.4. The number of non-ortho nitro benzene ring substituents is 1. The lowest BCUT2D eigenvalue weighted by Gasteiger charge is -2.37. The number of methoxy groups -OCH3 is 3. The van der Waals surface area contributed by atoms with Crippen molar-refractivity contribution in [2.24, 2.45) is 5.92 Å². The molecule has 1 heterocycles. The number of nitro groups is 1. The molecule has 4 rings (SSSR count). The predicted molar refractivity (Wildman–Crippen MR) is 119 cm³/mol. The molecule has 0 saturated carbocycles. The molecule has 2 aliphatic rings. The summed E-state index contributed by atoms with van der Waals surface area (Å²) in [5.41, 5.74) is 2.05. The summed E-state index contributed by atoms with van der Waals surface area (Å²) in [6.45, 7) is 0. The smallest absolute Gasteiger partial charge is 0.269 e. The van der Waals surface area contributed by atoms with Gasteiger partial charge in [-0.2, -0.15) is 0 Å². The molecule has 0 bridgehead atoms. The van der Waals surface area contributed by atoms with Crippen molar-refractivity contribution in [1.29, 1.82) is 0 Å². The Hall–Kier alpha value is -3.88. The van der Waals surface area contributed by atoms with Crippen molar-refractivity contribution in [3.05, 3.63) is 69.4 Å². The number of carbonyl (C=O) groups excluding carboxylic acids is 2. The zero-order valence-corrected chi connectivity index (χ0v) is 18.5. The average Bonchev–Trinajstić information content (AvgIpc) is 2.82. The first-order chi connectivity index (χ1) is 15.9. The van der Waals surface area contributed by atoms with Gasteiger partial charge in [-0.3, -0.25) is 19.7 Å². The van der Waals surface area contributed by atoms with E-state index in [9.17, 15) is 19.7 Å². The van der Waals surface area contributed by atoms with Crippen LogP contribution in [0.25, 0.3) is 0 Å². The minimum Gasteiger partial charge on any atom is -0.493 e. The van der Waals surface area contributed by atoms with Crippen molar-refractivity contribution < 1.29 is 28.7 Å². The van der Waals surface area contributed by atoms with Gasteiger partial charge in [0.2, 0.25) is 11.7 Å². The third-order valence-corrected chi connectivity index (χ3v) is 6.22. The number of amides is 1. The number of nitro benzene ring substituents is 1. The number of hydrogen-bond acceptors (Lipinski definition) is 7. The lowest BCUT2D eigenvalue weighted by Crippen LogP contribution is -2.43. The van der Waals surface area contributed by atoms with Crippen LogP contribution in [0.5, 0.6) is 17.2 Å². The number of nitrogens with one attached hydrogen (secondary N) is 1. The van der Waals surface area contributed by atoms with Gasteiger partial charge in [0.25, 0.3) is 5.69 Å². The van der Waals surface area contributed by atoms with Crippen LogP contribution in [-0.2, 0) is 9.59 Å². The zero-order chi connectivity index (χ0) is 23.7. The Morgan fingerprint density at radius 2 is 1.58 bits per heavy atom. The van der Waals surface area contributed by atoms with Crippen molar-refractivity contribution in [3.63, 3.8) is 0 Å². The minimum absolute atomic E-state index is 0.00500. The van der Waals surface area contributed by atoms with Crippen molar-refractivity contribution in [3.8, 4) is 17.2 Å². The summed E-state index contributed by atoms with van der Waals surface area (Å²) >= 11 is 0. The standard InChI is InChI=1S/C24H24N2O7/c1-31-20-10-15(11-21(32-2)24(20)33-3)14-8-18-23(19(27)9-14)17(12-22(28)25-18)13-4-6-16(7-5-13)26(29)30/h4-8,10-11,14,17,23H,9,12H2,1-3H3,(H,25,28)/t14-,17+,23+/m1/s1. The fourth-order valence-corrected chi connectivity index (χ4v) is 4.67. The lowest BCUT2D eigenvalue weighted by atomic mass is 9.70. The Morgan fingerprint density at radius 3 is 2.12 bits per heavy atom. The molecule has 9 heteroatoms. The summed E-state index contributed by atoms with van der Waals surface area (Å²) in [5, 5.41) is 13.8. The van der Waals surface area contributed by atoms with Crippen LogP contribution < -0.4 is 19.5 Å². The van der Waals surface area contributed by atoms with Gasteiger partial charge in [-0.1, -0.05) is 18.2 Å². The van der Waals surface area contributed by atoms with Crippen LogP contribution in [0, 0.1) is 16.0 Å². The van der Waals surface area contributed by atoms with E-state index >= 15 is 0 Å². The van der Waals surface area contributed by atoms with E-state index in [0.717, 1.165) is 11.1 Å². The monoisotopic (exact) mass is 452 g/mol. The summed E-state index contributed by atoms with van der Waals surface area (Å²) in [7, 11) is 4.57. The normalized spacial score (nSPS) is 22.0. The topological polar surface area (TPSA) is 117 Å². The van der Waals surface area contributed by atoms with Gasteiger partial charge in [0.1, 0.15) is 5.78 Å². The van der Waals surface area contributed by atoms with Gasteiger partial charge in [-0.25, -0.2) is 0 Å². The largest absolute Gasteiger partial charge is 0.493 e. The van der Waals surface area contributed by atoms with Crippen LogP contribution in [0.1, 0.15) is 35.8 Å². The number of fused-ring (bicyclic) bond motifs is 1. The molecular weight excluding hydrogens is 428 g/mol.